The molecule has 0 radical (unpaired) electrons. The van der Waals surface area contributed by atoms with E-state index in [0.29, 0.717) is 6.54 Å². The first-order valence-corrected chi connectivity index (χ1v) is 11.3. The third-order valence-corrected chi connectivity index (χ3v) is 6.05. The van der Waals surface area contributed by atoms with Gasteiger partial charge in [0.15, 0.2) is 0 Å². The third-order valence-electron chi connectivity index (χ3n) is 6.05. The summed E-state index contributed by atoms with van der Waals surface area (Å²) in [5.41, 5.74) is 5.32. The molecule has 1 aliphatic heterocycles. The summed E-state index contributed by atoms with van der Waals surface area (Å²) in [5.74, 6) is 0.768. The lowest BCUT2D eigenvalue weighted by Crippen LogP contribution is -2.40. The SMILES string of the molecule is C/C=C\C=C(/C)CN1CCc2nc(C)n(C(c3ccccc3)c3ccccc3)c(=O)c2C1. The number of allylic oxidation sites excluding steroid dienone is 3. The first-order chi connectivity index (χ1) is 15.6. The summed E-state index contributed by atoms with van der Waals surface area (Å²) in [6.45, 7) is 8.54. The number of fused-ring (bicyclic) bond motifs is 1. The van der Waals surface area contributed by atoms with Crippen LogP contribution in [0.2, 0.25) is 0 Å². The number of hydrogen-bond donors (Lipinski definition) is 0. The molecule has 0 saturated heterocycles. The Kier molecular flexibility index (Phi) is 6.81. The maximum atomic E-state index is 13.9. The highest BCUT2D eigenvalue weighted by molar-refractivity contribution is 5.35. The van der Waals surface area contributed by atoms with E-state index in [4.69, 9.17) is 4.98 Å². The molecule has 1 aliphatic rings. The lowest BCUT2D eigenvalue weighted by Gasteiger charge is -2.30. The fourth-order valence-corrected chi connectivity index (χ4v) is 4.53. The number of hydrogen-bond acceptors (Lipinski definition) is 3. The summed E-state index contributed by atoms with van der Waals surface area (Å²) < 4.78 is 1.88. The van der Waals surface area contributed by atoms with E-state index >= 15 is 0 Å². The van der Waals surface area contributed by atoms with E-state index in [2.05, 4.69) is 48.2 Å². The van der Waals surface area contributed by atoms with E-state index in [-0.39, 0.29) is 11.6 Å². The number of rotatable bonds is 6. The summed E-state index contributed by atoms with van der Waals surface area (Å²) >= 11 is 0. The second-order valence-corrected chi connectivity index (χ2v) is 8.48. The van der Waals surface area contributed by atoms with Gasteiger partial charge in [0.05, 0.1) is 17.3 Å². The molecule has 0 N–H and O–H groups in total. The van der Waals surface area contributed by atoms with Gasteiger partial charge in [0, 0.05) is 26.1 Å². The van der Waals surface area contributed by atoms with Crippen molar-refractivity contribution in [3.05, 3.63) is 123 Å². The van der Waals surface area contributed by atoms with Crippen molar-refractivity contribution in [2.24, 2.45) is 0 Å². The van der Waals surface area contributed by atoms with Gasteiger partial charge in [0.25, 0.3) is 5.56 Å². The average molecular weight is 426 g/mol. The van der Waals surface area contributed by atoms with Crippen LogP contribution in [0.4, 0.5) is 0 Å². The smallest absolute Gasteiger partial charge is 0.259 e. The first-order valence-electron chi connectivity index (χ1n) is 11.3. The van der Waals surface area contributed by atoms with Crippen LogP contribution in [-0.4, -0.2) is 27.5 Å². The van der Waals surface area contributed by atoms with Crippen LogP contribution in [0.15, 0.2) is 89.3 Å². The van der Waals surface area contributed by atoms with Gasteiger partial charge in [-0.05, 0) is 31.9 Å². The van der Waals surface area contributed by atoms with Gasteiger partial charge in [0.2, 0.25) is 0 Å². The topological polar surface area (TPSA) is 38.1 Å². The van der Waals surface area contributed by atoms with Gasteiger partial charge in [-0.2, -0.15) is 0 Å². The van der Waals surface area contributed by atoms with Gasteiger partial charge in [0.1, 0.15) is 5.82 Å². The van der Waals surface area contributed by atoms with Gasteiger partial charge >= 0.3 is 0 Å². The van der Waals surface area contributed by atoms with Crippen LogP contribution in [-0.2, 0) is 13.0 Å². The summed E-state index contributed by atoms with van der Waals surface area (Å²) in [6, 6.07) is 20.3. The first kappa shape index (κ1) is 22.0. The van der Waals surface area contributed by atoms with E-state index in [0.717, 1.165) is 47.7 Å². The lowest BCUT2D eigenvalue weighted by molar-refractivity contribution is 0.269. The highest BCUT2D eigenvalue weighted by Gasteiger charge is 2.26. The second kappa shape index (κ2) is 9.92. The molecular formula is C28H31N3O. The van der Waals surface area contributed by atoms with Crippen molar-refractivity contribution < 1.29 is 0 Å². The van der Waals surface area contributed by atoms with Crippen molar-refractivity contribution in [3.63, 3.8) is 0 Å². The van der Waals surface area contributed by atoms with Gasteiger partial charge in [-0.1, -0.05) is 84.5 Å². The molecule has 1 aromatic heterocycles. The number of nitrogens with zero attached hydrogens (tertiary/aromatic N) is 3. The van der Waals surface area contributed by atoms with Gasteiger partial charge in [-0.25, -0.2) is 4.98 Å². The van der Waals surface area contributed by atoms with E-state index in [9.17, 15) is 4.79 Å². The van der Waals surface area contributed by atoms with Crippen molar-refractivity contribution in [2.45, 2.75) is 39.8 Å². The molecule has 3 aromatic rings. The van der Waals surface area contributed by atoms with Crippen molar-refractivity contribution in [2.75, 3.05) is 13.1 Å². The second-order valence-electron chi connectivity index (χ2n) is 8.48. The molecule has 4 heteroatoms. The van der Waals surface area contributed by atoms with E-state index < -0.39 is 0 Å². The minimum atomic E-state index is -0.200. The largest absolute Gasteiger partial charge is 0.294 e. The van der Waals surface area contributed by atoms with Crippen molar-refractivity contribution in [1.82, 2.24) is 14.5 Å². The zero-order chi connectivity index (χ0) is 22.5. The molecule has 0 spiro atoms. The maximum Gasteiger partial charge on any atom is 0.259 e. The van der Waals surface area contributed by atoms with Crippen LogP contribution >= 0.6 is 0 Å². The van der Waals surface area contributed by atoms with Crippen molar-refractivity contribution in [3.8, 4) is 0 Å². The Bertz CT molecular complexity index is 1140. The normalized spacial score (nSPS) is 14.8. The van der Waals surface area contributed by atoms with Crippen LogP contribution in [0.3, 0.4) is 0 Å². The molecule has 32 heavy (non-hydrogen) atoms. The van der Waals surface area contributed by atoms with E-state index in [1.165, 1.54) is 5.57 Å². The summed E-state index contributed by atoms with van der Waals surface area (Å²) in [5, 5.41) is 0. The van der Waals surface area contributed by atoms with Crippen LogP contribution < -0.4 is 5.56 Å². The fraction of sp³-hybridized carbons (Fsp3) is 0.286. The number of aryl methyl sites for hydroxylation is 1. The predicted molar refractivity (Wildman–Crippen MR) is 131 cm³/mol. The lowest BCUT2D eigenvalue weighted by atomic mass is 9.97. The van der Waals surface area contributed by atoms with Gasteiger partial charge in [-0.3, -0.25) is 14.3 Å². The van der Waals surface area contributed by atoms with Crippen LogP contribution in [0.1, 0.15) is 48.1 Å². The Morgan fingerprint density at radius 2 is 1.69 bits per heavy atom. The molecular weight excluding hydrogens is 394 g/mol. The quantitative estimate of drug-likeness (QED) is 0.518. The molecule has 2 heterocycles. The molecule has 0 bridgehead atoms. The Balaban J connectivity index is 1.77. The van der Waals surface area contributed by atoms with E-state index in [1.807, 2.05) is 60.9 Å². The molecule has 0 unspecified atom stereocenters. The maximum absolute atomic E-state index is 13.9. The molecule has 2 aromatic carbocycles. The van der Waals surface area contributed by atoms with Gasteiger partial charge < -0.3 is 0 Å². The molecule has 0 atom stereocenters. The molecule has 0 fully saturated rings. The summed E-state index contributed by atoms with van der Waals surface area (Å²) in [4.78, 5) is 21.2. The zero-order valence-electron chi connectivity index (χ0n) is 19.2. The fourth-order valence-electron chi connectivity index (χ4n) is 4.53. The Labute approximate surface area is 190 Å². The van der Waals surface area contributed by atoms with Crippen LogP contribution in [0.5, 0.6) is 0 Å². The molecule has 0 saturated carbocycles. The summed E-state index contributed by atoms with van der Waals surface area (Å²) in [7, 11) is 0. The van der Waals surface area contributed by atoms with Gasteiger partial charge in [-0.15, -0.1) is 0 Å². The predicted octanol–water partition coefficient (Wildman–Crippen LogP) is 5.07. The minimum Gasteiger partial charge on any atom is -0.294 e. The molecule has 0 aliphatic carbocycles. The Morgan fingerprint density at radius 1 is 1.06 bits per heavy atom. The Hall–Kier alpha value is -3.24. The highest BCUT2D eigenvalue weighted by Crippen LogP contribution is 2.27. The Morgan fingerprint density at radius 3 is 2.28 bits per heavy atom. The number of benzene rings is 2. The van der Waals surface area contributed by atoms with Crippen LogP contribution in [0.25, 0.3) is 0 Å². The number of aromatic nitrogens is 2. The van der Waals surface area contributed by atoms with Crippen molar-refractivity contribution in [1.29, 1.82) is 0 Å². The molecule has 4 rings (SSSR count). The van der Waals surface area contributed by atoms with Crippen LogP contribution in [0, 0.1) is 6.92 Å². The summed E-state index contributed by atoms with van der Waals surface area (Å²) in [6.07, 6.45) is 7.05. The third kappa shape index (κ3) is 4.66. The molecule has 0 amide bonds. The molecule has 164 valence electrons. The standard InChI is InChI=1S/C28H31N3O/c1-4-5-12-21(2)19-30-18-17-26-25(20-30)28(32)31(22(3)29-26)27(23-13-8-6-9-14-23)24-15-10-7-11-16-24/h4-16,27H,17-20H2,1-3H3/b5-4-,21-12+. The molecule has 4 nitrogen and oxygen atoms in total. The zero-order valence-corrected chi connectivity index (χ0v) is 19.2. The monoisotopic (exact) mass is 425 g/mol. The van der Waals surface area contributed by atoms with Crippen molar-refractivity contribution >= 4 is 0 Å². The van der Waals surface area contributed by atoms with E-state index in [1.54, 1.807) is 0 Å². The minimum absolute atomic E-state index is 0.0741. The highest BCUT2D eigenvalue weighted by atomic mass is 16.1. The average Bonchev–Trinajstić information content (AvgIpc) is 2.82.